The second-order valence-corrected chi connectivity index (χ2v) is 3.47. The van der Waals surface area contributed by atoms with Crippen molar-refractivity contribution in [1.82, 2.24) is 0 Å². The molecule has 1 aromatic rings. The Bertz CT molecular complexity index is 261. The Morgan fingerprint density at radius 3 is 2.91 bits per heavy atom. The van der Waals surface area contributed by atoms with Gasteiger partial charge in [0, 0.05) is 21.6 Å². The second-order valence-electron chi connectivity index (χ2n) is 2.04. The molecule has 0 fully saturated rings. The lowest BCUT2D eigenvalue weighted by Gasteiger charge is -1.88. The zero-order valence-electron chi connectivity index (χ0n) is 5.62. The van der Waals surface area contributed by atoms with E-state index in [0.717, 1.165) is 4.88 Å². The normalized spacial score (nSPS) is 9.91. The lowest BCUT2D eigenvalue weighted by atomic mass is 10.3. The molecule has 0 aliphatic heterocycles. The summed E-state index contributed by atoms with van der Waals surface area (Å²) < 4.78 is 0. The van der Waals surface area contributed by atoms with Gasteiger partial charge in [-0.25, -0.2) is 0 Å². The lowest BCUT2D eigenvalue weighted by molar-refractivity contribution is -0.479. The molecule has 0 saturated heterocycles. The average molecular weight is 192 g/mol. The van der Waals surface area contributed by atoms with Gasteiger partial charge in [0.2, 0.25) is 6.54 Å². The number of halogens is 1. The van der Waals surface area contributed by atoms with Crippen LogP contribution in [-0.2, 0) is 6.42 Å². The maximum absolute atomic E-state index is 9.96. The smallest absolute Gasteiger partial charge is 0.208 e. The second kappa shape index (κ2) is 3.69. The van der Waals surface area contributed by atoms with Crippen molar-refractivity contribution in [2.24, 2.45) is 0 Å². The minimum atomic E-state index is -0.326. The van der Waals surface area contributed by atoms with Crippen LogP contribution in [0.15, 0.2) is 11.4 Å². The fourth-order valence-electron chi connectivity index (χ4n) is 0.686. The molecule has 1 heterocycles. The van der Waals surface area contributed by atoms with Crippen LogP contribution in [0.2, 0.25) is 5.02 Å². The number of rotatable bonds is 3. The van der Waals surface area contributed by atoms with Gasteiger partial charge in [0.25, 0.3) is 0 Å². The van der Waals surface area contributed by atoms with Gasteiger partial charge in [-0.3, -0.25) is 10.1 Å². The summed E-state index contributed by atoms with van der Waals surface area (Å²) in [5.41, 5.74) is 0. The molecule has 11 heavy (non-hydrogen) atoms. The van der Waals surface area contributed by atoms with E-state index in [1.807, 2.05) is 0 Å². The quantitative estimate of drug-likeness (QED) is 0.543. The van der Waals surface area contributed by atoms with Crippen molar-refractivity contribution < 1.29 is 4.92 Å². The van der Waals surface area contributed by atoms with Gasteiger partial charge in [-0.2, -0.15) is 0 Å². The molecule has 3 nitrogen and oxygen atoms in total. The van der Waals surface area contributed by atoms with Crippen LogP contribution in [0.4, 0.5) is 0 Å². The molecule has 60 valence electrons. The van der Waals surface area contributed by atoms with Gasteiger partial charge in [-0.05, 0) is 6.07 Å². The van der Waals surface area contributed by atoms with E-state index in [9.17, 15) is 10.1 Å². The minimum Gasteiger partial charge on any atom is -0.265 e. The van der Waals surface area contributed by atoms with Gasteiger partial charge in [0.15, 0.2) is 0 Å². The highest BCUT2D eigenvalue weighted by Gasteiger charge is 2.01. The first kappa shape index (κ1) is 8.49. The SMILES string of the molecule is O=[N+]([O-])CCc1cc(Cl)cs1. The van der Waals surface area contributed by atoms with Gasteiger partial charge in [0.05, 0.1) is 5.02 Å². The fourth-order valence-corrected chi connectivity index (χ4v) is 1.75. The monoisotopic (exact) mass is 191 g/mol. The molecule has 0 aromatic carbocycles. The summed E-state index contributed by atoms with van der Waals surface area (Å²) in [5, 5.41) is 12.4. The number of thiophene rings is 1. The molecule has 0 radical (unpaired) electrons. The first-order chi connectivity index (χ1) is 5.18. The molecule has 0 bridgehead atoms. The molecule has 0 atom stereocenters. The van der Waals surface area contributed by atoms with Crippen LogP contribution in [0.3, 0.4) is 0 Å². The zero-order valence-corrected chi connectivity index (χ0v) is 7.19. The van der Waals surface area contributed by atoms with Gasteiger partial charge in [-0.15, -0.1) is 11.3 Å². The van der Waals surface area contributed by atoms with E-state index in [1.165, 1.54) is 11.3 Å². The Kier molecular flexibility index (Phi) is 2.84. The van der Waals surface area contributed by atoms with Gasteiger partial charge >= 0.3 is 0 Å². The number of hydrogen-bond acceptors (Lipinski definition) is 3. The molecule has 0 spiro atoms. The summed E-state index contributed by atoms with van der Waals surface area (Å²) in [6.45, 7) is -0.0170. The lowest BCUT2D eigenvalue weighted by Crippen LogP contribution is -2.02. The van der Waals surface area contributed by atoms with Crippen LogP contribution in [0.25, 0.3) is 0 Å². The first-order valence-corrected chi connectivity index (χ1v) is 4.29. The largest absolute Gasteiger partial charge is 0.265 e. The summed E-state index contributed by atoms with van der Waals surface area (Å²) in [4.78, 5) is 10.6. The summed E-state index contributed by atoms with van der Waals surface area (Å²) in [5.74, 6) is 0. The summed E-state index contributed by atoms with van der Waals surface area (Å²) in [6.07, 6.45) is 0.477. The van der Waals surface area contributed by atoms with Crippen molar-refractivity contribution >= 4 is 22.9 Å². The molecule has 0 aliphatic rings. The number of hydrogen-bond donors (Lipinski definition) is 0. The highest BCUT2D eigenvalue weighted by Crippen LogP contribution is 2.19. The van der Waals surface area contributed by atoms with E-state index in [2.05, 4.69) is 0 Å². The molecule has 0 saturated carbocycles. The van der Waals surface area contributed by atoms with Crippen LogP contribution >= 0.6 is 22.9 Å². The Hall–Kier alpha value is -0.610. The maximum atomic E-state index is 9.96. The van der Waals surface area contributed by atoms with Crippen LogP contribution in [0.5, 0.6) is 0 Å². The van der Waals surface area contributed by atoms with Gasteiger partial charge < -0.3 is 0 Å². The summed E-state index contributed by atoms with van der Waals surface area (Å²) >= 11 is 7.07. The van der Waals surface area contributed by atoms with Crippen molar-refractivity contribution in [1.29, 1.82) is 0 Å². The minimum absolute atomic E-state index is 0.0170. The van der Waals surface area contributed by atoms with E-state index < -0.39 is 0 Å². The molecule has 0 amide bonds. The Morgan fingerprint density at radius 2 is 2.45 bits per heavy atom. The fraction of sp³-hybridized carbons (Fsp3) is 0.333. The molecule has 1 rings (SSSR count). The summed E-state index contributed by atoms with van der Waals surface area (Å²) in [7, 11) is 0. The van der Waals surface area contributed by atoms with E-state index in [1.54, 1.807) is 11.4 Å². The first-order valence-electron chi connectivity index (χ1n) is 3.03. The van der Waals surface area contributed by atoms with Crippen molar-refractivity contribution in [3.05, 3.63) is 31.5 Å². The van der Waals surface area contributed by atoms with Crippen LogP contribution < -0.4 is 0 Å². The molecule has 0 aliphatic carbocycles. The molecule has 1 aromatic heterocycles. The molecular formula is C6H6ClNO2S. The Labute approximate surface area is 72.8 Å². The van der Waals surface area contributed by atoms with E-state index >= 15 is 0 Å². The standard InChI is InChI=1S/C6H6ClNO2S/c7-5-3-6(11-4-5)1-2-8(9)10/h3-4H,1-2H2. The zero-order chi connectivity index (χ0) is 8.27. The molecule has 0 unspecified atom stereocenters. The maximum Gasteiger partial charge on any atom is 0.208 e. The van der Waals surface area contributed by atoms with E-state index in [4.69, 9.17) is 11.6 Å². The van der Waals surface area contributed by atoms with Crippen molar-refractivity contribution in [2.45, 2.75) is 6.42 Å². The predicted molar refractivity (Wildman–Crippen MR) is 44.9 cm³/mol. The predicted octanol–water partition coefficient (Wildman–Crippen LogP) is 2.22. The molecule has 0 N–H and O–H groups in total. The van der Waals surface area contributed by atoms with Gasteiger partial charge in [0.1, 0.15) is 0 Å². The Morgan fingerprint density at radius 1 is 1.73 bits per heavy atom. The van der Waals surface area contributed by atoms with Crippen LogP contribution in [0, 0.1) is 10.1 Å². The molecular weight excluding hydrogens is 186 g/mol. The third-order valence-electron chi connectivity index (χ3n) is 1.16. The van der Waals surface area contributed by atoms with E-state index in [0.29, 0.717) is 11.4 Å². The average Bonchev–Trinajstić information content (AvgIpc) is 2.31. The Balaban J connectivity index is 2.45. The highest BCUT2D eigenvalue weighted by molar-refractivity contribution is 7.10. The number of nitrogens with zero attached hydrogens (tertiary/aromatic N) is 1. The van der Waals surface area contributed by atoms with Crippen molar-refractivity contribution in [2.75, 3.05) is 6.54 Å². The highest BCUT2D eigenvalue weighted by atomic mass is 35.5. The molecule has 5 heteroatoms. The van der Waals surface area contributed by atoms with Gasteiger partial charge in [-0.1, -0.05) is 11.6 Å². The topological polar surface area (TPSA) is 43.1 Å². The van der Waals surface area contributed by atoms with Crippen molar-refractivity contribution in [3.8, 4) is 0 Å². The van der Waals surface area contributed by atoms with Crippen LogP contribution in [0.1, 0.15) is 4.88 Å². The van der Waals surface area contributed by atoms with E-state index in [-0.39, 0.29) is 11.5 Å². The third kappa shape index (κ3) is 2.86. The third-order valence-corrected chi connectivity index (χ3v) is 2.51. The van der Waals surface area contributed by atoms with Crippen molar-refractivity contribution in [3.63, 3.8) is 0 Å². The number of nitro groups is 1. The van der Waals surface area contributed by atoms with Crippen LogP contribution in [-0.4, -0.2) is 11.5 Å². The summed E-state index contributed by atoms with van der Waals surface area (Å²) in [6, 6.07) is 1.76.